The van der Waals surface area contributed by atoms with Gasteiger partial charge in [0, 0.05) is 10.9 Å². The first kappa shape index (κ1) is 11.1. The number of furan rings is 1. The van der Waals surface area contributed by atoms with Gasteiger partial charge in [-0.3, -0.25) is 0 Å². The van der Waals surface area contributed by atoms with E-state index in [4.69, 9.17) is 21.8 Å². The Morgan fingerprint density at radius 1 is 1.11 bits per heavy atom. The summed E-state index contributed by atoms with van der Waals surface area (Å²) in [5.74, 6) is 0.194. The van der Waals surface area contributed by atoms with E-state index in [1.807, 2.05) is 0 Å². The minimum Gasteiger partial charge on any atom is -0.453 e. The number of fused-ring (bicyclic) bond motifs is 1. The van der Waals surface area contributed by atoms with Crippen LogP contribution in [0.15, 0.2) is 46.9 Å². The van der Waals surface area contributed by atoms with Crippen molar-refractivity contribution in [2.75, 3.05) is 5.73 Å². The summed E-state index contributed by atoms with van der Waals surface area (Å²) >= 11 is 5.86. The topological polar surface area (TPSA) is 39.2 Å². The van der Waals surface area contributed by atoms with Gasteiger partial charge in [-0.2, -0.15) is 0 Å². The number of nitrogen functional groups attached to an aromatic ring is 1. The van der Waals surface area contributed by atoms with E-state index >= 15 is 0 Å². The average Bonchev–Trinajstić information content (AvgIpc) is 2.78. The molecule has 0 unspecified atom stereocenters. The van der Waals surface area contributed by atoms with E-state index in [2.05, 4.69) is 0 Å². The van der Waals surface area contributed by atoms with E-state index in [1.54, 1.807) is 36.4 Å². The van der Waals surface area contributed by atoms with E-state index in [1.165, 1.54) is 6.07 Å². The zero-order valence-electron chi connectivity index (χ0n) is 9.28. The van der Waals surface area contributed by atoms with Crippen LogP contribution in [0.5, 0.6) is 0 Å². The molecular weight excluding hydrogens is 253 g/mol. The van der Waals surface area contributed by atoms with E-state index < -0.39 is 0 Å². The Balaban J connectivity index is 2.19. The summed E-state index contributed by atoms with van der Waals surface area (Å²) in [4.78, 5) is 0. The minimum atomic E-state index is -0.374. The second-order valence-electron chi connectivity index (χ2n) is 4.01. The van der Waals surface area contributed by atoms with E-state index in [0.29, 0.717) is 16.5 Å². The minimum absolute atomic E-state index is 0.251. The molecule has 0 aliphatic rings. The van der Waals surface area contributed by atoms with Gasteiger partial charge in [0.15, 0.2) is 11.4 Å². The molecule has 2 aromatic carbocycles. The summed E-state index contributed by atoms with van der Waals surface area (Å²) < 4.78 is 19.0. The highest BCUT2D eigenvalue weighted by Crippen LogP contribution is 2.32. The Kier molecular flexibility index (Phi) is 2.49. The number of hydrogen-bond acceptors (Lipinski definition) is 2. The van der Waals surface area contributed by atoms with Crippen molar-refractivity contribution in [2.45, 2.75) is 0 Å². The maximum absolute atomic E-state index is 13.5. The van der Waals surface area contributed by atoms with Crippen molar-refractivity contribution in [1.82, 2.24) is 0 Å². The third-order valence-corrected chi connectivity index (χ3v) is 3.12. The largest absolute Gasteiger partial charge is 0.453 e. The predicted molar refractivity (Wildman–Crippen MR) is 71.0 cm³/mol. The molecule has 0 atom stereocenters. The number of rotatable bonds is 1. The number of nitrogens with two attached hydrogens (primary N) is 1. The highest BCUT2D eigenvalue weighted by atomic mass is 35.5. The lowest BCUT2D eigenvalue weighted by atomic mass is 10.1. The molecule has 0 saturated heterocycles. The zero-order chi connectivity index (χ0) is 12.7. The Labute approximate surface area is 108 Å². The third kappa shape index (κ3) is 1.73. The van der Waals surface area contributed by atoms with Crippen molar-refractivity contribution in [3.05, 3.63) is 53.3 Å². The van der Waals surface area contributed by atoms with Crippen molar-refractivity contribution in [3.8, 4) is 11.3 Å². The Bertz CT molecular complexity index is 736. The number of anilines is 1. The fraction of sp³-hybridized carbons (Fsp3) is 0. The molecule has 0 bridgehead atoms. The second kappa shape index (κ2) is 4.03. The second-order valence-corrected chi connectivity index (χ2v) is 4.41. The Morgan fingerprint density at radius 2 is 1.94 bits per heavy atom. The number of halogens is 2. The summed E-state index contributed by atoms with van der Waals surface area (Å²) in [5.41, 5.74) is 7.22. The molecule has 1 aromatic heterocycles. The van der Waals surface area contributed by atoms with Crippen LogP contribution >= 0.6 is 11.6 Å². The average molecular weight is 262 g/mol. The molecule has 3 rings (SSSR count). The maximum atomic E-state index is 13.5. The smallest absolute Gasteiger partial charge is 0.170 e. The lowest BCUT2D eigenvalue weighted by molar-refractivity contribution is 0.569. The molecule has 1 heterocycles. The monoisotopic (exact) mass is 261 g/mol. The van der Waals surface area contributed by atoms with Crippen molar-refractivity contribution in [3.63, 3.8) is 0 Å². The Hall–Kier alpha value is -2.00. The quantitative estimate of drug-likeness (QED) is 0.656. The first-order valence-corrected chi connectivity index (χ1v) is 5.76. The van der Waals surface area contributed by atoms with Crippen LogP contribution in [0, 0.1) is 5.82 Å². The predicted octanol–water partition coefficient (Wildman–Crippen LogP) is 4.47. The first-order valence-electron chi connectivity index (χ1n) is 5.38. The fourth-order valence-corrected chi connectivity index (χ4v) is 1.98. The molecule has 90 valence electrons. The van der Waals surface area contributed by atoms with Crippen LogP contribution in [-0.4, -0.2) is 0 Å². The van der Waals surface area contributed by atoms with Gasteiger partial charge in [0.2, 0.25) is 0 Å². The molecule has 0 spiro atoms. The van der Waals surface area contributed by atoms with Gasteiger partial charge in [-0.1, -0.05) is 23.7 Å². The summed E-state index contributed by atoms with van der Waals surface area (Å²) in [6.45, 7) is 0. The van der Waals surface area contributed by atoms with Crippen molar-refractivity contribution >= 4 is 28.3 Å². The van der Waals surface area contributed by atoms with Crippen LogP contribution in [0.1, 0.15) is 0 Å². The van der Waals surface area contributed by atoms with Crippen LogP contribution < -0.4 is 5.73 Å². The first-order chi connectivity index (χ1) is 8.65. The van der Waals surface area contributed by atoms with Gasteiger partial charge in [0.25, 0.3) is 0 Å². The van der Waals surface area contributed by atoms with Crippen LogP contribution in [-0.2, 0) is 0 Å². The third-order valence-electron chi connectivity index (χ3n) is 2.78. The van der Waals surface area contributed by atoms with Gasteiger partial charge in [0.1, 0.15) is 5.76 Å². The van der Waals surface area contributed by atoms with Gasteiger partial charge in [-0.05, 0) is 30.3 Å². The summed E-state index contributed by atoms with van der Waals surface area (Å²) in [5, 5.41) is 1.21. The normalized spacial score (nSPS) is 11.0. The highest BCUT2D eigenvalue weighted by Gasteiger charge is 2.10. The van der Waals surface area contributed by atoms with Crippen LogP contribution in [0.4, 0.5) is 10.1 Å². The van der Waals surface area contributed by atoms with Gasteiger partial charge in [-0.25, -0.2) is 4.39 Å². The van der Waals surface area contributed by atoms with Gasteiger partial charge in [-0.15, -0.1) is 0 Å². The van der Waals surface area contributed by atoms with E-state index in [9.17, 15) is 4.39 Å². The molecule has 0 fully saturated rings. The van der Waals surface area contributed by atoms with Gasteiger partial charge < -0.3 is 10.2 Å². The van der Waals surface area contributed by atoms with Gasteiger partial charge in [0.05, 0.1) is 10.7 Å². The van der Waals surface area contributed by atoms with Crippen LogP contribution in [0.3, 0.4) is 0 Å². The number of para-hydroxylation sites is 1. The molecule has 18 heavy (non-hydrogen) atoms. The molecule has 2 nitrogen and oxygen atoms in total. The van der Waals surface area contributed by atoms with Crippen molar-refractivity contribution in [2.24, 2.45) is 0 Å². The molecule has 0 amide bonds. The molecule has 0 radical (unpaired) electrons. The highest BCUT2D eigenvalue weighted by molar-refractivity contribution is 6.33. The standard InChI is InChI=1S/C14H9ClFNO/c15-10-5-4-8(6-12(10)17)13-7-9-2-1-3-11(16)14(9)18-13/h1-7H,17H2. The molecule has 2 N–H and O–H groups in total. The molecule has 4 heteroatoms. The lowest BCUT2D eigenvalue weighted by Gasteiger charge is -2.00. The fourth-order valence-electron chi connectivity index (χ4n) is 1.87. The molecular formula is C14H9ClFNO. The maximum Gasteiger partial charge on any atom is 0.170 e. The lowest BCUT2D eigenvalue weighted by Crippen LogP contribution is -1.86. The number of hydrogen-bond donors (Lipinski definition) is 1. The van der Waals surface area contributed by atoms with Gasteiger partial charge >= 0.3 is 0 Å². The van der Waals surface area contributed by atoms with Crippen LogP contribution in [0.2, 0.25) is 5.02 Å². The molecule has 0 aliphatic carbocycles. The summed E-state index contributed by atoms with van der Waals surface area (Å²) in [6.07, 6.45) is 0. The SMILES string of the molecule is Nc1cc(-c2cc3cccc(F)c3o2)ccc1Cl. The summed E-state index contributed by atoms with van der Waals surface area (Å²) in [7, 11) is 0. The van der Waals surface area contributed by atoms with Crippen molar-refractivity contribution in [1.29, 1.82) is 0 Å². The molecule has 0 aliphatic heterocycles. The zero-order valence-corrected chi connectivity index (χ0v) is 10.0. The summed E-state index contributed by atoms with van der Waals surface area (Å²) in [6, 6.07) is 11.8. The Morgan fingerprint density at radius 3 is 2.67 bits per heavy atom. The van der Waals surface area contributed by atoms with E-state index in [-0.39, 0.29) is 11.4 Å². The molecule has 0 saturated carbocycles. The van der Waals surface area contributed by atoms with E-state index in [0.717, 1.165) is 10.9 Å². The molecule has 3 aromatic rings. The van der Waals surface area contributed by atoms with Crippen molar-refractivity contribution < 1.29 is 8.81 Å². The van der Waals surface area contributed by atoms with Crippen LogP contribution in [0.25, 0.3) is 22.3 Å². The number of benzene rings is 2.